The van der Waals surface area contributed by atoms with Crippen molar-refractivity contribution in [3.63, 3.8) is 0 Å². The molecule has 91 heavy (non-hydrogen) atoms. The predicted molar refractivity (Wildman–Crippen MR) is 339 cm³/mol. The number of carbonyl (C=O) groups excluding carboxylic acids is 3. The molecule has 1 heterocycles. The van der Waals surface area contributed by atoms with Crippen LogP contribution >= 0.6 is 7.92 Å². The summed E-state index contributed by atoms with van der Waals surface area (Å²) in [5, 5.41) is 8.33. The Hall–Kier alpha value is -3.61. The molecule has 3 unspecified atom stereocenters. The number of hydrogen-bond donors (Lipinski definition) is 7. The number of benzene rings is 5. The van der Waals surface area contributed by atoms with Gasteiger partial charge < -0.3 is 25.0 Å². The van der Waals surface area contributed by atoms with Gasteiger partial charge in [-0.25, -0.2) is 4.79 Å². The van der Waals surface area contributed by atoms with E-state index in [2.05, 4.69) is 10.6 Å². The number of rotatable bonds is 33. The van der Waals surface area contributed by atoms with Gasteiger partial charge in [0.2, 0.25) is 11.6 Å². The van der Waals surface area contributed by atoms with Gasteiger partial charge in [0.25, 0.3) is 46.4 Å². The second-order valence-corrected chi connectivity index (χ2v) is 29.8. The standard InChI is InChI=1S/C62H75N4O17PS4.3Na/c1-61(34-19-41-85(70,71)72,33-17-7-6-15-25-57-62(2,35-20-42-86(73,74)75)53-45-50(88(79,80)81)29-32-55(53)66(57)39-40-82-4)52-44-49(87(76,77)78)28-31-54(52)65(3)38-18-10-16-26-58(67)63-36-37-64-59(68)46-27-30-51(60(69)83-5)56(43-46)84(47-21-11-8-12-22-47)48-23-13-9-14-24-48;;;/h6-9,11-15,17,21-25,27-33,43-45H,10,16,18-20,26,34-42H2,1-5H3,(H5-,63,64,67,68,70,71,72,73,74,75,76,77,78,79,80,81);;;/q;3*+1/p+2/b7-6+,25-15+,33-17-;;;. The van der Waals surface area contributed by atoms with Gasteiger partial charge in [0.1, 0.15) is 12.3 Å². The van der Waals surface area contributed by atoms with Crippen molar-refractivity contribution in [2.75, 3.05) is 65.6 Å². The van der Waals surface area contributed by atoms with Gasteiger partial charge in [-0.1, -0.05) is 98.0 Å². The van der Waals surface area contributed by atoms with Crippen molar-refractivity contribution in [3.05, 3.63) is 174 Å². The molecule has 0 bridgehead atoms. The number of nitrogens with zero attached hydrogens (tertiary/aromatic N) is 1. The quantitative estimate of drug-likeness (QED) is 0.00418. The molecule has 0 radical (unpaired) electrons. The summed E-state index contributed by atoms with van der Waals surface area (Å²) in [5.41, 5.74) is 1.33. The van der Waals surface area contributed by atoms with Crippen molar-refractivity contribution in [3.8, 4) is 0 Å². The zero-order valence-electron chi connectivity index (χ0n) is 52.7. The largest absolute Gasteiger partial charge is 1.00 e. The fraction of sp³-hybridized carbons (Fsp3) is 0.355. The van der Waals surface area contributed by atoms with E-state index in [-0.39, 0.29) is 157 Å². The van der Waals surface area contributed by atoms with E-state index in [9.17, 15) is 66.3 Å². The Labute approximate surface area is 602 Å². The maximum absolute atomic E-state index is 13.5. The van der Waals surface area contributed by atoms with E-state index in [0.717, 1.165) is 15.5 Å². The van der Waals surface area contributed by atoms with Crippen LogP contribution in [0, 0.1) is 0 Å². The van der Waals surface area contributed by atoms with Gasteiger partial charge in [-0.3, -0.25) is 27.8 Å². The molecule has 5 aromatic carbocycles. The maximum atomic E-state index is 13.5. The van der Waals surface area contributed by atoms with Crippen molar-refractivity contribution in [1.82, 2.24) is 10.6 Å². The van der Waals surface area contributed by atoms with E-state index in [1.165, 1.54) is 38.5 Å². The van der Waals surface area contributed by atoms with Crippen LogP contribution in [0.3, 0.4) is 0 Å². The molecule has 5 aromatic rings. The minimum Gasteiger partial charge on any atom is -0.465 e. The minimum atomic E-state index is -4.72. The second kappa shape index (κ2) is 37.1. The van der Waals surface area contributed by atoms with Crippen LogP contribution in [0.25, 0.3) is 0 Å². The second-order valence-electron chi connectivity index (χ2n) is 21.7. The molecular formula is C62H77N4Na3O17PS4+5. The van der Waals surface area contributed by atoms with Gasteiger partial charge in [0.15, 0.2) is 12.3 Å². The Kier molecular flexibility index (Phi) is 33.2. The number of nitrogens with one attached hydrogen (secondary N) is 3. The summed E-state index contributed by atoms with van der Waals surface area (Å²) in [6.45, 7) is 4.91. The molecule has 21 nitrogen and oxygen atoms in total. The Morgan fingerprint density at radius 2 is 1.26 bits per heavy atom. The first kappa shape index (κ1) is 81.6. The molecule has 1 aliphatic heterocycles. The molecule has 3 atom stereocenters. The van der Waals surface area contributed by atoms with Crippen LogP contribution < -0.4 is 120 Å². The molecule has 0 spiro atoms. The van der Waals surface area contributed by atoms with Gasteiger partial charge >= 0.3 is 94.6 Å². The zero-order chi connectivity index (χ0) is 64.5. The molecule has 0 aromatic heterocycles. The van der Waals surface area contributed by atoms with Crippen molar-refractivity contribution in [2.24, 2.45) is 0 Å². The van der Waals surface area contributed by atoms with Gasteiger partial charge in [-0.15, -0.1) is 0 Å². The molecule has 474 valence electrons. The molecule has 29 heteroatoms. The van der Waals surface area contributed by atoms with Gasteiger partial charge in [-0.2, -0.15) is 38.2 Å². The SMILES string of the molecule is COCC[N+]1=C(/C=C/C=C/C=C\C(C)(CCCS(=O)(=O)O)c2cc(S(=O)(=O)O)ccc2[NH+](C)CCCCCC(=O)NCCNC(=O)c2ccc(C(=O)OC)c(P(c3ccccc3)c3ccccc3)c2)C(C)(CCCS(=O)(=O)O)c2cc(S(=O)(=O)O)ccc21.[Na+].[Na+].[Na+]. The number of allylic oxidation sites excluding steroid dienone is 6. The molecule has 7 N–H and O–H groups in total. The monoisotopic (exact) mass is 1380 g/mol. The van der Waals surface area contributed by atoms with Gasteiger partial charge in [0.05, 0.1) is 53.0 Å². The Morgan fingerprint density at radius 3 is 1.86 bits per heavy atom. The molecule has 1 aliphatic rings. The first-order valence-corrected chi connectivity index (χ1v) is 35.7. The number of fused-ring (bicyclic) bond motifs is 1. The maximum Gasteiger partial charge on any atom is 1.00 e. The van der Waals surface area contributed by atoms with E-state index < -0.39 is 81.6 Å². The fourth-order valence-electron chi connectivity index (χ4n) is 10.8. The van der Waals surface area contributed by atoms with Crippen LogP contribution in [-0.2, 0) is 65.6 Å². The number of methoxy groups -OCH3 is 2. The van der Waals surface area contributed by atoms with Crippen LogP contribution in [0.15, 0.2) is 162 Å². The smallest absolute Gasteiger partial charge is 0.465 e. The number of quaternary nitrogens is 1. The molecule has 0 fully saturated rings. The van der Waals surface area contributed by atoms with E-state index in [1.54, 1.807) is 80.6 Å². The minimum absolute atomic E-state index is 0. The molecule has 2 amide bonds. The fourth-order valence-corrected chi connectivity index (χ4v) is 15.3. The summed E-state index contributed by atoms with van der Waals surface area (Å²) in [5.74, 6) is -2.28. The third-order valence-corrected chi connectivity index (χ3v) is 21.0. The van der Waals surface area contributed by atoms with Gasteiger partial charge in [0, 0.05) is 72.2 Å². The Bertz CT molecular complexity index is 3880. The first-order chi connectivity index (χ1) is 41.5. The molecule has 6 rings (SSSR count). The average Bonchev–Trinajstić information content (AvgIpc) is 1.63. The molecule has 0 saturated heterocycles. The van der Waals surface area contributed by atoms with E-state index in [4.69, 9.17) is 9.47 Å². The molecule has 0 aliphatic carbocycles. The zero-order valence-corrected chi connectivity index (χ0v) is 62.8. The third-order valence-electron chi connectivity index (χ3n) is 15.2. The molecular weight excluding hydrogens is 1300 g/mol. The number of amides is 2. The summed E-state index contributed by atoms with van der Waals surface area (Å²) in [4.78, 5) is 39.6. The van der Waals surface area contributed by atoms with Crippen molar-refractivity contribution in [1.29, 1.82) is 0 Å². The third kappa shape index (κ3) is 23.9. The predicted octanol–water partition coefficient (Wildman–Crippen LogP) is -3.05. The summed E-state index contributed by atoms with van der Waals surface area (Å²) in [6, 6.07) is 32.7. The van der Waals surface area contributed by atoms with Crippen molar-refractivity contribution in [2.45, 2.75) is 85.8 Å². The number of esters is 1. The Balaban J connectivity index is 0.00000721. The van der Waals surface area contributed by atoms with Crippen LogP contribution in [0.4, 0.5) is 11.4 Å². The normalized spacial score (nSPS) is 15.4. The number of ether oxygens (including phenoxy) is 2. The average molecular weight is 1380 g/mol. The Morgan fingerprint density at radius 1 is 0.681 bits per heavy atom. The van der Waals surface area contributed by atoms with Crippen LogP contribution in [0.5, 0.6) is 0 Å². The van der Waals surface area contributed by atoms with E-state index >= 15 is 0 Å². The van der Waals surface area contributed by atoms with Crippen LogP contribution in [0.1, 0.15) is 97.1 Å². The van der Waals surface area contributed by atoms with E-state index in [0.29, 0.717) is 77.0 Å². The topological polar surface area (TPSA) is 319 Å². The van der Waals surface area contributed by atoms with Gasteiger partial charge in [-0.05, 0) is 113 Å². The van der Waals surface area contributed by atoms with Crippen LogP contribution in [0.2, 0.25) is 0 Å². The molecule has 0 saturated carbocycles. The number of unbranched alkanes of at least 4 members (excludes halogenated alkanes) is 2. The summed E-state index contributed by atoms with van der Waals surface area (Å²) >= 11 is 0. The first-order valence-electron chi connectivity index (χ1n) is 28.3. The summed E-state index contributed by atoms with van der Waals surface area (Å²) < 4.78 is 149. The summed E-state index contributed by atoms with van der Waals surface area (Å²) in [6.07, 6.45) is 12.4. The number of hydrogen-bond acceptors (Lipinski definition) is 13. The van der Waals surface area contributed by atoms with E-state index in [1.807, 2.05) is 72.3 Å². The summed E-state index contributed by atoms with van der Waals surface area (Å²) in [7, 11) is -14.7. The number of carbonyl (C=O) groups is 3. The van der Waals surface area contributed by atoms with Crippen molar-refractivity contribution >= 4 is 99.2 Å². The van der Waals surface area contributed by atoms with Crippen LogP contribution in [-0.4, -0.2) is 146 Å². The van der Waals surface area contributed by atoms with Crippen molar-refractivity contribution < 1.29 is 174 Å².